The third-order valence-corrected chi connectivity index (χ3v) is 1.45. The standard InChI is InChI=1S/C7H11N4/c1-9-7-6(10-8)4-3-5-11(7)2/h3-5,10H,1,8H2,2H3/q+1. The zero-order valence-electron chi connectivity index (χ0n) is 6.41. The maximum atomic E-state index is 5.24. The fourth-order valence-electron chi connectivity index (χ4n) is 0.913. The second-order valence-electron chi connectivity index (χ2n) is 2.16. The predicted octanol–water partition coefficient (Wildman–Crippen LogP) is 0.129. The summed E-state index contributed by atoms with van der Waals surface area (Å²) < 4.78 is 1.84. The van der Waals surface area contributed by atoms with Crippen LogP contribution in [0.15, 0.2) is 23.3 Å². The molecule has 0 aliphatic carbocycles. The number of pyridine rings is 1. The van der Waals surface area contributed by atoms with Crippen LogP contribution < -0.4 is 15.8 Å². The quantitative estimate of drug-likeness (QED) is 0.273. The van der Waals surface area contributed by atoms with Gasteiger partial charge in [-0.2, -0.15) is 0 Å². The lowest BCUT2D eigenvalue weighted by molar-refractivity contribution is -0.657. The van der Waals surface area contributed by atoms with E-state index in [1.165, 1.54) is 0 Å². The molecule has 0 spiro atoms. The first-order valence-corrected chi connectivity index (χ1v) is 3.21. The molecule has 0 atom stereocenters. The molecular weight excluding hydrogens is 140 g/mol. The van der Waals surface area contributed by atoms with E-state index in [9.17, 15) is 0 Å². The van der Waals surface area contributed by atoms with E-state index >= 15 is 0 Å². The zero-order valence-corrected chi connectivity index (χ0v) is 6.41. The lowest BCUT2D eigenvalue weighted by atomic mass is 10.4. The van der Waals surface area contributed by atoms with E-state index in [1.54, 1.807) is 0 Å². The van der Waals surface area contributed by atoms with Crippen LogP contribution in [0.3, 0.4) is 0 Å². The van der Waals surface area contributed by atoms with Gasteiger partial charge in [0.25, 0.3) is 0 Å². The topological polar surface area (TPSA) is 54.3 Å². The maximum Gasteiger partial charge on any atom is 0.346 e. The van der Waals surface area contributed by atoms with E-state index in [0.717, 1.165) is 11.5 Å². The Hall–Kier alpha value is -1.42. The summed E-state index contributed by atoms with van der Waals surface area (Å²) in [4.78, 5) is 3.81. The molecule has 1 rings (SSSR count). The van der Waals surface area contributed by atoms with Crippen molar-refractivity contribution in [2.75, 3.05) is 5.43 Å². The number of nitrogens with two attached hydrogens (primary N) is 1. The number of nitrogens with one attached hydrogen (secondary N) is 1. The van der Waals surface area contributed by atoms with Crippen molar-refractivity contribution in [3.05, 3.63) is 18.3 Å². The highest BCUT2D eigenvalue weighted by Crippen LogP contribution is 2.16. The van der Waals surface area contributed by atoms with Crippen LogP contribution in [0.5, 0.6) is 0 Å². The van der Waals surface area contributed by atoms with Crippen molar-refractivity contribution in [3.63, 3.8) is 0 Å². The molecule has 58 valence electrons. The average Bonchev–Trinajstić information content (AvgIpc) is 2.04. The van der Waals surface area contributed by atoms with Gasteiger partial charge >= 0.3 is 5.82 Å². The normalized spacial score (nSPS) is 9.27. The Morgan fingerprint density at radius 3 is 2.91 bits per heavy atom. The van der Waals surface area contributed by atoms with E-state index in [0.29, 0.717) is 0 Å². The van der Waals surface area contributed by atoms with Crippen LogP contribution in [0.2, 0.25) is 0 Å². The number of aryl methyl sites for hydroxylation is 1. The van der Waals surface area contributed by atoms with Crippen molar-refractivity contribution in [2.24, 2.45) is 17.9 Å². The summed E-state index contributed by atoms with van der Waals surface area (Å²) >= 11 is 0. The first-order chi connectivity index (χ1) is 5.29. The summed E-state index contributed by atoms with van der Waals surface area (Å²) in [6.07, 6.45) is 1.88. The molecule has 0 bridgehead atoms. The minimum absolute atomic E-state index is 0.731. The first-order valence-electron chi connectivity index (χ1n) is 3.21. The third kappa shape index (κ3) is 1.35. The number of aliphatic imine (C=N–C) groups is 1. The number of hydrazine groups is 1. The van der Waals surface area contributed by atoms with Gasteiger partial charge in [0, 0.05) is 0 Å². The molecule has 1 aromatic rings. The molecule has 0 fully saturated rings. The smallest absolute Gasteiger partial charge is 0.317 e. The Morgan fingerprint density at radius 1 is 1.73 bits per heavy atom. The lowest BCUT2D eigenvalue weighted by Gasteiger charge is -1.99. The second-order valence-corrected chi connectivity index (χ2v) is 2.16. The SMILES string of the molecule is C=Nc1c(NN)ccc[n+]1C. The van der Waals surface area contributed by atoms with Gasteiger partial charge in [-0.1, -0.05) is 4.99 Å². The van der Waals surface area contributed by atoms with Crippen molar-refractivity contribution in [1.29, 1.82) is 0 Å². The van der Waals surface area contributed by atoms with Gasteiger partial charge in [-0.15, -0.1) is 0 Å². The molecule has 0 amide bonds. The highest BCUT2D eigenvalue weighted by molar-refractivity contribution is 5.59. The van der Waals surface area contributed by atoms with Crippen molar-refractivity contribution in [1.82, 2.24) is 0 Å². The van der Waals surface area contributed by atoms with Crippen LogP contribution in [-0.2, 0) is 7.05 Å². The molecule has 0 saturated heterocycles. The highest BCUT2D eigenvalue weighted by Gasteiger charge is 2.08. The number of rotatable bonds is 2. The number of hydrogen-bond acceptors (Lipinski definition) is 3. The summed E-state index contributed by atoms with van der Waals surface area (Å²) in [5.41, 5.74) is 3.30. The van der Waals surface area contributed by atoms with Crippen molar-refractivity contribution in [2.45, 2.75) is 0 Å². The molecule has 0 unspecified atom stereocenters. The molecular formula is C7H11N4+. The summed E-state index contributed by atoms with van der Waals surface area (Å²) in [7, 11) is 1.88. The Balaban J connectivity index is 3.24. The van der Waals surface area contributed by atoms with Crippen molar-refractivity contribution in [3.8, 4) is 0 Å². The van der Waals surface area contributed by atoms with Gasteiger partial charge in [0.15, 0.2) is 0 Å². The molecule has 0 radical (unpaired) electrons. The second kappa shape index (κ2) is 3.12. The van der Waals surface area contributed by atoms with Gasteiger partial charge in [0.1, 0.15) is 12.4 Å². The fourth-order valence-corrected chi connectivity index (χ4v) is 0.913. The summed E-state index contributed by atoms with van der Waals surface area (Å²) in [6, 6.07) is 3.72. The van der Waals surface area contributed by atoms with Gasteiger partial charge in [0.05, 0.1) is 13.2 Å². The van der Waals surface area contributed by atoms with Crippen molar-refractivity contribution >= 4 is 18.2 Å². The zero-order chi connectivity index (χ0) is 8.27. The van der Waals surface area contributed by atoms with E-state index in [4.69, 9.17) is 5.84 Å². The molecule has 3 N–H and O–H groups in total. The highest BCUT2D eigenvalue weighted by atomic mass is 15.2. The van der Waals surface area contributed by atoms with Gasteiger partial charge in [-0.3, -0.25) is 5.84 Å². The molecule has 4 heteroatoms. The fraction of sp³-hybridized carbons (Fsp3) is 0.143. The molecule has 11 heavy (non-hydrogen) atoms. The molecule has 1 heterocycles. The van der Waals surface area contributed by atoms with Crippen LogP contribution in [0.1, 0.15) is 0 Å². The molecule has 1 aromatic heterocycles. The lowest BCUT2D eigenvalue weighted by Crippen LogP contribution is -2.28. The van der Waals surface area contributed by atoms with Gasteiger partial charge in [0.2, 0.25) is 0 Å². The summed E-state index contributed by atoms with van der Waals surface area (Å²) in [5.74, 6) is 5.98. The maximum absolute atomic E-state index is 5.24. The number of aromatic nitrogens is 1. The molecule has 0 saturated carbocycles. The Bertz CT molecular complexity index is 269. The van der Waals surface area contributed by atoms with Crippen LogP contribution in [0.25, 0.3) is 0 Å². The molecule has 0 aromatic carbocycles. The van der Waals surface area contributed by atoms with Crippen LogP contribution in [0, 0.1) is 0 Å². The number of hydrogen-bond donors (Lipinski definition) is 2. The summed E-state index contributed by atoms with van der Waals surface area (Å²) in [6.45, 7) is 3.43. The van der Waals surface area contributed by atoms with Crippen LogP contribution in [-0.4, -0.2) is 6.72 Å². The summed E-state index contributed by atoms with van der Waals surface area (Å²) in [5, 5.41) is 0. The first kappa shape index (κ1) is 7.68. The van der Waals surface area contributed by atoms with Crippen LogP contribution in [0.4, 0.5) is 11.5 Å². The van der Waals surface area contributed by atoms with E-state index < -0.39 is 0 Å². The van der Waals surface area contributed by atoms with Gasteiger partial charge in [-0.05, 0) is 12.1 Å². The monoisotopic (exact) mass is 151 g/mol. The van der Waals surface area contributed by atoms with E-state index in [1.807, 2.05) is 29.9 Å². The number of anilines is 1. The largest absolute Gasteiger partial charge is 0.346 e. The molecule has 0 aliphatic heterocycles. The molecule has 0 aliphatic rings. The molecule has 4 nitrogen and oxygen atoms in total. The van der Waals surface area contributed by atoms with Gasteiger partial charge in [-0.25, -0.2) is 4.57 Å². The number of nitrogen functional groups attached to an aromatic ring is 1. The average molecular weight is 151 g/mol. The Morgan fingerprint density at radius 2 is 2.45 bits per heavy atom. The van der Waals surface area contributed by atoms with Gasteiger partial charge < -0.3 is 5.43 Å². The predicted molar refractivity (Wildman–Crippen MR) is 44.6 cm³/mol. The minimum atomic E-state index is 0.731. The minimum Gasteiger partial charge on any atom is -0.317 e. The van der Waals surface area contributed by atoms with Crippen molar-refractivity contribution < 1.29 is 4.57 Å². The Kier molecular flexibility index (Phi) is 2.18. The third-order valence-electron chi connectivity index (χ3n) is 1.45. The van der Waals surface area contributed by atoms with Crippen LogP contribution >= 0.6 is 0 Å². The number of nitrogens with zero attached hydrogens (tertiary/aromatic N) is 2. The Labute approximate surface area is 65.3 Å². The van der Waals surface area contributed by atoms with E-state index in [2.05, 4.69) is 17.1 Å². The van der Waals surface area contributed by atoms with E-state index in [-0.39, 0.29) is 0 Å².